The molecule has 176 valence electrons. The molecule has 32 heavy (non-hydrogen) atoms. The monoisotopic (exact) mass is 459 g/mol. The van der Waals surface area contributed by atoms with E-state index >= 15 is 0 Å². The topological polar surface area (TPSA) is 55.9 Å². The van der Waals surface area contributed by atoms with Crippen LogP contribution in [-0.4, -0.2) is 76.2 Å². The Kier molecular flexibility index (Phi) is 7.00. The first-order chi connectivity index (χ1) is 15.7. The number of ether oxygens (including phenoxy) is 3. The summed E-state index contributed by atoms with van der Waals surface area (Å²) in [5.74, 6) is 0.811. The Morgan fingerprint density at radius 2 is 1.97 bits per heavy atom. The summed E-state index contributed by atoms with van der Waals surface area (Å²) in [5, 5.41) is 4.52. The maximum absolute atomic E-state index is 5.68. The van der Waals surface area contributed by atoms with Gasteiger partial charge in [0.15, 0.2) is 5.13 Å². The number of likely N-dealkylation sites (tertiary alicyclic amines) is 1. The van der Waals surface area contributed by atoms with Crippen molar-refractivity contribution in [3.05, 3.63) is 23.3 Å². The molecule has 2 bridgehead atoms. The Balaban J connectivity index is 1.27. The van der Waals surface area contributed by atoms with Crippen LogP contribution in [0.5, 0.6) is 0 Å². The summed E-state index contributed by atoms with van der Waals surface area (Å²) >= 11 is 1.86. The van der Waals surface area contributed by atoms with Crippen molar-refractivity contribution < 1.29 is 14.2 Å². The predicted octanol–water partition coefficient (Wildman–Crippen LogP) is 4.08. The summed E-state index contributed by atoms with van der Waals surface area (Å²) in [5.41, 5.74) is 4.79. The molecule has 1 aromatic heterocycles. The number of thiazole rings is 1. The van der Waals surface area contributed by atoms with Crippen LogP contribution in [-0.2, 0) is 26.0 Å². The smallest absolute Gasteiger partial charge is 0.183 e. The van der Waals surface area contributed by atoms with Gasteiger partial charge in [-0.05, 0) is 62.4 Å². The Hall–Kier alpha value is -1.25. The first-order valence-electron chi connectivity index (χ1n) is 12.2. The van der Waals surface area contributed by atoms with Crippen LogP contribution in [0.2, 0.25) is 0 Å². The second kappa shape index (κ2) is 9.94. The molecule has 0 radical (unpaired) electrons. The molecular formula is C25H37N3O3S. The molecule has 2 heterocycles. The lowest BCUT2D eigenvalue weighted by Gasteiger charge is -2.58. The molecule has 1 saturated carbocycles. The van der Waals surface area contributed by atoms with E-state index in [0.29, 0.717) is 38.4 Å². The van der Waals surface area contributed by atoms with Gasteiger partial charge in [-0.1, -0.05) is 30.2 Å². The Labute approximate surface area is 195 Å². The van der Waals surface area contributed by atoms with Crippen LogP contribution in [0.1, 0.15) is 43.2 Å². The number of nitrogens with zero attached hydrogens (tertiary/aromatic N) is 2. The van der Waals surface area contributed by atoms with Gasteiger partial charge in [0.1, 0.15) is 0 Å². The SMILES string of the molecule is COCCOCCOCCNc1nc2ccc3c(c2s1)[C@@]12CCCC[C@H]1[C@@H](C3)N(C)CC2. The predicted molar refractivity (Wildman–Crippen MR) is 130 cm³/mol. The van der Waals surface area contributed by atoms with Crippen LogP contribution in [0.15, 0.2) is 12.1 Å². The van der Waals surface area contributed by atoms with Crippen molar-refractivity contribution in [2.45, 2.75) is 50.0 Å². The molecule has 0 spiro atoms. The Morgan fingerprint density at radius 3 is 2.84 bits per heavy atom. The van der Waals surface area contributed by atoms with Gasteiger partial charge in [0.2, 0.25) is 0 Å². The third-order valence-electron chi connectivity index (χ3n) is 7.94. The lowest BCUT2D eigenvalue weighted by atomic mass is 9.52. The number of nitrogens with one attached hydrogen (secondary N) is 1. The zero-order valence-corrected chi connectivity index (χ0v) is 20.3. The van der Waals surface area contributed by atoms with Gasteiger partial charge in [0, 0.05) is 25.1 Å². The third kappa shape index (κ3) is 4.18. The van der Waals surface area contributed by atoms with Crippen LogP contribution in [0.25, 0.3) is 10.2 Å². The molecule has 6 nitrogen and oxygen atoms in total. The van der Waals surface area contributed by atoms with E-state index in [9.17, 15) is 0 Å². The highest BCUT2D eigenvalue weighted by Gasteiger charge is 2.53. The third-order valence-corrected chi connectivity index (χ3v) is 8.98. The molecule has 1 saturated heterocycles. The highest BCUT2D eigenvalue weighted by Crippen LogP contribution is 2.57. The maximum atomic E-state index is 5.68. The molecule has 3 atom stereocenters. The average molecular weight is 460 g/mol. The fourth-order valence-electron chi connectivity index (χ4n) is 6.46. The molecule has 2 fully saturated rings. The van der Waals surface area contributed by atoms with Crippen LogP contribution < -0.4 is 5.32 Å². The lowest BCUT2D eigenvalue weighted by molar-refractivity contribution is 0.00390. The van der Waals surface area contributed by atoms with Gasteiger partial charge in [-0.25, -0.2) is 4.98 Å². The van der Waals surface area contributed by atoms with Crippen LogP contribution in [0.4, 0.5) is 5.13 Å². The standard InChI is InChI=1S/C25H37N3O3S/c1-28-11-9-25-8-4-3-5-19(25)21(28)17-18-6-7-20-23(22(18)25)32-24(27-20)26-10-12-30-15-16-31-14-13-29-2/h6-7,19,21H,3-5,8-17H2,1-2H3,(H,26,27)/t19-,21+,25+/m0/s1. The van der Waals surface area contributed by atoms with Gasteiger partial charge in [-0.2, -0.15) is 0 Å². The molecule has 1 aliphatic heterocycles. The van der Waals surface area contributed by atoms with E-state index in [1.54, 1.807) is 18.2 Å². The minimum atomic E-state index is 0.373. The van der Waals surface area contributed by atoms with Gasteiger partial charge in [0.05, 0.1) is 43.3 Å². The zero-order chi connectivity index (χ0) is 22.0. The van der Waals surface area contributed by atoms with Crippen molar-refractivity contribution in [1.82, 2.24) is 9.88 Å². The lowest BCUT2D eigenvalue weighted by Crippen LogP contribution is -2.59. The number of likely N-dealkylation sites (N-methyl/N-ethyl adjacent to an activating group) is 1. The van der Waals surface area contributed by atoms with E-state index < -0.39 is 0 Å². The van der Waals surface area contributed by atoms with E-state index in [4.69, 9.17) is 19.2 Å². The number of fused-ring (bicyclic) bond motifs is 3. The second-order valence-electron chi connectivity index (χ2n) is 9.62. The van der Waals surface area contributed by atoms with Crippen molar-refractivity contribution in [3.8, 4) is 0 Å². The highest BCUT2D eigenvalue weighted by atomic mass is 32.1. The van der Waals surface area contributed by atoms with E-state index in [1.807, 2.05) is 11.3 Å². The average Bonchev–Trinajstić information content (AvgIpc) is 3.23. The number of benzene rings is 1. The molecule has 3 aliphatic rings. The molecule has 0 unspecified atom stereocenters. The van der Waals surface area contributed by atoms with Gasteiger partial charge in [0.25, 0.3) is 0 Å². The molecule has 5 rings (SSSR count). The number of hydrogen-bond acceptors (Lipinski definition) is 7. The van der Waals surface area contributed by atoms with Gasteiger partial charge in [-0.15, -0.1) is 0 Å². The Bertz CT molecular complexity index is 919. The first kappa shape index (κ1) is 22.5. The van der Waals surface area contributed by atoms with Gasteiger partial charge in [-0.3, -0.25) is 0 Å². The molecule has 0 amide bonds. The number of methoxy groups -OCH3 is 1. The van der Waals surface area contributed by atoms with Crippen molar-refractivity contribution in [3.63, 3.8) is 0 Å². The van der Waals surface area contributed by atoms with Crippen LogP contribution >= 0.6 is 11.3 Å². The Morgan fingerprint density at radius 1 is 1.12 bits per heavy atom. The molecule has 2 aromatic rings. The summed E-state index contributed by atoms with van der Waals surface area (Å²) < 4.78 is 17.5. The molecular weight excluding hydrogens is 422 g/mol. The van der Waals surface area contributed by atoms with Crippen molar-refractivity contribution in [2.75, 3.05) is 65.6 Å². The fourth-order valence-corrected chi connectivity index (χ4v) is 7.63. The number of hydrogen-bond donors (Lipinski definition) is 1. The van der Waals surface area contributed by atoms with Gasteiger partial charge < -0.3 is 24.4 Å². The van der Waals surface area contributed by atoms with E-state index in [-0.39, 0.29) is 0 Å². The minimum absolute atomic E-state index is 0.373. The number of piperidine rings is 1. The summed E-state index contributed by atoms with van der Waals surface area (Å²) in [4.78, 5) is 7.59. The molecule has 2 aliphatic carbocycles. The zero-order valence-electron chi connectivity index (χ0n) is 19.5. The largest absolute Gasteiger partial charge is 0.382 e. The fraction of sp³-hybridized carbons (Fsp3) is 0.720. The minimum Gasteiger partial charge on any atom is -0.382 e. The van der Waals surface area contributed by atoms with Gasteiger partial charge >= 0.3 is 0 Å². The summed E-state index contributed by atoms with van der Waals surface area (Å²) in [6, 6.07) is 5.35. The summed E-state index contributed by atoms with van der Waals surface area (Å²) in [6.07, 6.45) is 8.03. The molecule has 7 heteroatoms. The van der Waals surface area contributed by atoms with Crippen molar-refractivity contribution >= 4 is 26.7 Å². The highest BCUT2D eigenvalue weighted by molar-refractivity contribution is 7.22. The number of anilines is 1. The second-order valence-corrected chi connectivity index (χ2v) is 10.6. The quantitative estimate of drug-likeness (QED) is 0.541. The van der Waals surface area contributed by atoms with E-state index in [1.165, 1.54) is 55.3 Å². The van der Waals surface area contributed by atoms with Crippen molar-refractivity contribution in [1.29, 1.82) is 0 Å². The molecule has 1 aromatic carbocycles. The summed E-state index contributed by atoms with van der Waals surface area (Å²) in [6.45, 7) is 5.11. The van der Waals surface area contributed by atoms with Crippen molar-refractivity contribution in [2.24, 2.45) is 5.92 Å². The summed E-state index contributed by atoms with van der Waals surface area (Å²) in [7, 11) is 4.02. The first-order valence-corrected chi connectivity index (χ1v) is 13.1. The molecule has 1 N–H and O–H groups in total. The van der Waals surface area contributed by atoms with E-state index in [0.717, 1.165) is 23.6 Å². The number of aromatic nitrogens is 1. The van der Waals surface area contributed by atoms with Crippen LogP contribution in [0.3, 0.4) is 0 Å². The maximum Gasteiger partial charge on any atom is 0.183 e. The van der Waals surface area contributed by atoms with Crippen LogP contribution in [0, 0.1) is 5.92 Å². The van der Waals surface area contributed by atoms with E-state index in [2.05, 4.69) is 29.4 Å². The number of rotatable bonds is 10. The normalized spacial score (nSPS) is 27.3.